The molecule has 0 bridgehead atoms. The van der Waals surface area contributed by atoms with Crippen LogP contribution in [0.5, 0.6) is 5.75 Å². The van der Waals surface area contributed by atoms with Gasteiger partial charge in [0.2, 0.25) is 0 Å². The summed E-state index contributed by atoms with van der Waals surface area (Å²) in [4.78, 5) is 27.3. The van der Waals surface area contributed by atoms with E-state index in [-0.39, 0.29) is 23.0 Å². The van der Waals surface area contributed by atoms with Gasteiger partial charge in [0.1, 0.15) is 5.75 Å². The minimum absolute atomic E-state index is 0.0128. The van der Waals surface area contributed by atoms with Crippen LogP contribution in [0.1, 0.15) is 40.1 Å². The van der Waals surface area contributed by atoms with Crippen LogP contribution in [0.25, 0.3) is 10.9 Å². The summed E-state index contributed by atoms with van der Waals surface area (Å²) in [5.74, 6) is -0.782. The zero-order valence-electron chi connectivity index (χ0n) is 15.1. The third-order valence-corrected chi connectivity index (χ3v) is 4.94. The first-order valence-corrected chi connectivity index (χ1v) is 9.14. The van der Waals surface area contributed by atoms with Crippen molar-refractivity contribution in [1.29, 1.82) is 0 Å². The number of nitrogens with one attached hydrogen (secondary N) is 1. The quantitative estimate of drug-likeness (QED) is 0.478. The number of hydroxylamine groups is 1. The zero-order valence-corrected chi connectivity index (χ0v) is 15.1. The maximum atomic E-state index is 12.8. The van der Waals surface area contributed by atoms with Gasteiger partial charge in [-0.15, -0.1) is 0 Å². The number of likely N-dealkylation sites (tertiary alicyclic amines) is 1. The second-order valence-corrected chi connectivity index (χ2v) is 6.82. The highest BCUT2D eigenvalue weighted by molar-refractivity contribution is 6.12. The van der Waals surface area contributed by atoms with E-state index in [4.69, 9.17) is 0 Å². The fourth-order valence-corrected chi connectivity index (χ4v) is 3.40. The summed E-state index contributed by atoms with van der Waals surface area (Å²) in [6.45, 7) is 1.47. The average Bonchev–Trinajstić information content (AvgIpc) is 3.16. The predicted molar refractivity (Wildman–Crippen MR) is 103 cm³/mol. The topological polar surface area (TPSA) is 110 Å². The van der Waals surface area contributed by atoms with Crippen molar-refractivity contribution in [3.8, 4) is 5.75 Å². The molecule has 28 heavy (non-hydrogen) atoms. The molecule has 3 N–H and O–H groups in total. The first-order chi connectivity index (χ1) is 13.5. The molecule has 3 aromatic rings. The number of anilines is 1. The van der Waals surface area contributed by atoms with Gasteiger partial charge in [0.05, 0.1) is 11.2 Å². The van der Waals surface area contributed by atoms with Crippen molar-refractivity contribution >= 4 is 28.4 Å². The first-order valence-electron chi connectivity index (χ1n) is 9.14. The predicted octanol–water partition coefficient (Wildman–Crippen LogP) is 2.93. The summed E-state index contributed by atoms with van der Waals surface area (Å²) in [6.07, 6.45) is 3.12. The number of carbonyl (C=O) groups excluding carboxylic acids is 2. The second kappa shape index (κ2) is 7.32. The lowest BCUT2D eigenvalue weighted by molar-refractivity contribution is 0.0724. The van der Waals surface area contributed by atoms with Crippen LogP contribution in [0.2, 0.25) is 0 Å². The molecule has 0 atom stereocenters. The van der Waals surface area contributed by atoms with Crippen LogP contribution in [0.4, 0.5) is 5.69 Å². The van der Waals surface area contributed by atoms with E-state index in [1.165, 1.54) is 24.3 Å². The van der Waals surface area contributed by atoms with Crippen LogP contribution < -0.4 is 5.06 Å². The van der Waals surface area contributed by atoms with E-state index in [0.717, 1.165) is 32.4 Å². The Labute approximate surface area is 161 Å². The Morgan fingerprint density at radius 3 is 2.46 bits per heavy atom. The minimum atomic E-state index is -0.737. The summed E-state index contributed by atoms with van der Waals surface area (Å²) in [6, 6.07) is 10.6. The highest BCUT2D eigenvalue weighted by Crippen LogP contribution is 2.24. The molecular weight excluding hydrogens is 360 g/mol. The number of carbonyl (C=O) groups is 2. The van der Waals surface area contributed by atoms with Crippen LogP contribution in [0, 0.1) is 0 Å². The number of amides is 2. The third kappa shape index (κ3) is 3.29. The Kier molecular flexibility index (Phi) is 4.70. The van der Waals surface area contributed by atoms with E-state index in [1.807, 2.05) is 4.90 Å². The Balaban J connectivity index is 1.64. The van der Waals surface area contributed by atoms with Crippen molar-refractivity contribution < 1.29 is 19.9 Å². The van der Waals surface area contributed by atoms with Gasteiger partial charge in [-0.05, 0) is 61.7 Å². The van der Waals surface area contributed by atoms with Crippen molar-refractivity contribution in [1.82, 2.24) is 15.1 Å². The van der Waals surface area contributed by atoms with Gasteiger partial charge in [0.25, 0.3) is 5.91 Å². The SMILES string of the molecule is O=C(c1ccc2[nH]nc(C(=O)N(O)c3ccc(O)cc3)c2c1)N1CCCCC1. The lowest BCUT2D eigenvalue weighted by Gasteiger charge is -2.26. The molecule has 1 fully saturated rings. The number of aromatic nitrogens is 2. The maximum absolute atomic E-state index is 12.8. The number of aromatic amines is 1. The summed E-state index contributed by atoms with van der Waals surface area (Å²) in [7, 11) is 0. The highest BCUT2D eigenvalue weighted by Gasteiger charge is 2.23. The van der Waals surface area contributed by atoms with Crippen molar-refractivity contribution in [3.63, 3.8) is 0 Å². The fraction of sp³-hybridized carbons (Fsp3) is 0.250. The normalized spacial score (nSPS) is 14.2. The van der Waals surface area contributed by atoms with Gasteiger partial charge in [-0.3, -0.25) is 19.9 Å². The first kappa shape index (κ1) is 18.0. The number of hydrogen-bond donors (Lipinski definition) is 3. The molecule has 0 radical (unpaired) electrons. The lowest BCUT2D eigenvalue weighted by atomic mass is 10.1. The lowest BCUT2D eigenvalue weighted by Crippen LogP contribution is -2.35. The van der Waals surface area contributed by atoms with Gasteiger partial charge >= 0.3 is 5.91 Å². The molecule has 2 amide bonds. The molecule has 8 heteroatoms. The molecule has 2 heterocycles. The number of benzene rings is 2. The second-order valence-electron chi connectivity index (χ2n) is 6.82. The van der Waals surface area contributed by atoms with E-state index in [0.29, 0.717) is 21.5 Å². The van der Waals surface area contributed by atoms with E-state index in [1.54, 1.807) is 18.2 Å². The summed E-state index contributed by atoms with van der Waals surface area (Å²) in [5.41, 5.74) is 1.29. The van der Waals surface area contributed by atoms with Gasteiger partial charge in [-0.1, -0.05) is 0 Å². The smallest absolute Gasteiger partial charge is 0.303 e. The van der Waals surface area contributed by atoms with Crippen LogP contribution in [0.15, 0.2) is 42.5 Å². The Hall–Kier alpha value is -3.39. The number of rotatable bonds is 3. The Bertz CT molecular complexity index is 1020. The van der Waals surface area contributed by atoms with Crippen LogP contribution in [0.3, 0.4) is 0 Å². The monoisotopic (exact) mass is 380 g/mol. The summed E-state index contributed by atoms with van der Waals surface area (Å²) < 4.78 is 0. The Morgan fingerprint density at radius 1 is 1.04 bits per heavy atom. The van der Waals surface area contributed by atoms with Gasteiger partial charge < -0.3 is 10.0 Å². The number of phenols is 1. The third-order valence-electron chi connectivity index (χ3n) is 4.94. The number of phenolic OH excluding ortho intramolecular Hbond substituents is 1. The van der Waals surface area contributed by atoms with E-state index < -0.39 is 5.91 Å². The summed E-state index contributed by atoms with van der Waals surface area (Å²) in [5, 5.41) is 27.3. The Morgan fingerprint density at radius 2 is 1.75 bits per heavy atom. The fourth-order valence-electron chi connectivity index (χ4n) is 3.40. The molecular formula is C20H20N4O4. The number of H-pyrrole nitrogens is 1. The average molecular weight is 380 g/mol. The molecule has 0 unspecified atom stereocenters. The molecule has 2 aromatic carbocycles. The molecule has 0 saturated carbocycles. The summed E-state index contributed by atoms with van der Waals surface area (Å²) >= 11 is 0. The van der Waals surface area contributed by atoms with Crippen molar-refractivity contribution in [2.24, 2.45) is 0 Å². The number of fused-ring (bicyclic) bond motifs is 1. The maximum Gasteiger partial charge on any atom is 0.303 e. The number of piperidine rings is 1. The minimum Gasteiger partial charge on any atom is -0.508 e. The van der Waals surface area contributed by atoms with Crippen molar-refractivity contribution in [3.05, 3.63) is 53.7 Å². The highest BCUT2D eigenvalue weighted by atomic mass is 16.5. The van der Waals surface area contributed by atoms with Gasteiger partial charge in [0.15, 0.2) is 5.69 Å². The largest absolute Gasteiger partial charge is 0.508 e. The number of nitrogens with zero attached hydrogens (tertiary/aromatic N) is 3. The molecule has 0 aliphatic carbocycles. The number of hydrogen-bond acceptors (Lipinski definition) is 5. The van der Waals surface area contributed by atoms with E-state index >= 15 is 0 Å². The van der Waals surface area contributed by atoms with E-state index in [2.05, 4.69) is 10.2 Å². The van der Waals surface area contributed by atoms with Gasteiger partial charge in [-0.2, -0.15) is 10.2 Å². The van der Waals surface area contributed by atoms with Gasteiger partial charge in [0, 0.05) is 24.0 Å². The molecule has 1 aromatic heterocycles. The molecule has 0 spiro atoms. The van der Waals surface area contributed by atoms with Crippen LogP contribution in [-0.4, -0.2) is 50.3 Å². The van der Waals surface area contributed by atoms with E-state index in [9.17, 15) is 19.9 Å². The zero-order chi connectivity index (χ0) is 19.7. The standard InChI is InChI=1S/C20H20N4O4/c25-15-7-5-14(6-8-15)24(28)20(27)18-16-12-13(4-9-17(16)21-22-18)19(26)23-10-2-1-3-11-23/h4-9,12,25,28H,1-3,10-11H2,(H,21,22). The molecule has 1 saturated heterocycles. The van der Waals surface area contributed by atoms with Crippen molar-refractivity contribution in [2.45, 2.75) is 19.3 Å². The molecule has 8 nitrogen and oxygen atoms in total. The molecule has 4 rings (SSSR count). The van der Waals surface area contributed by atoms with Gasteiger partial charge in [-0.25, -0.2) is 0 Å². The molecule has 1 aliphatic heterocycles. The molecule has 1 aliphatic rings. The van der Waals surface area contributed by atoms with Crippen LogP contribution in [-0.2, 0) is 0 Å². The number of aromatic hydroxyl groups is 1. The molecule has 144 valence electrons. The van der Waals surface area contributed by atoms with Crippen LogP contribution >= 0.6 is 0 Å². The van der Waals surface area contributed by atoms with Crippen molar-refractivity contribution in [2.75, 3.05) is 18.2 Å².